The summed E-state index contributed by atoms with van der Waals surface area (Å²) in [7, 11) is 0. The van der Waals surface area contributed by atoms with Crippen LogP contribution in [0.5, 0.6) is 11.5 Å². The predicted octanol–water partition coefficient (Wildman–Crippen LogP) is 3.98. The van der Waals surface area contributed by atoms with Gasteiger partial charge in [-0.15, -0.1) is 0 Å². The van der Waals surface area contributed by atoms with Crippen LogP contribution in [-0.4, -0.2) is 14.3 Å². The molecule has 2 aromatic carbocycles. The Morgan fingerprint density at radius 1 is 1.08 bits per heavy atom. The molecule has 0 saturated heterocycles. The Hall–Kier alpha value is -3.34. The molecule has 0 aliphatic carbocycles. The van der Waals surface area contributed by atoms with Crippen molar-refractivity contribution in [3.8, 4) is 28.4 Å². The Balaban J connectivity index is 1.98. The number of hydrogen-bond acceptors (Lipinski definition) is 3. The van der Waals surface area contributed by atoms with Gasteiger partial charge in [-0.25, -0.2) is 4.68 Å². The van der Waals surface area contributed by atoms with E-state index in [1.165, 1.54) is 4.68 Å². The van der Waals surface area contributed by atoms with E-state index in [0.717, 1.165) is 22.2 Å². The summed E-state index contributed by atoms with van der Waals surface area (Å²) in [5.41, 5.74) is 3.42. The first-order valence-electron chi connectivity index (χ1n) is 8.26. The van der Waals surface area contributed by atoms with Crippen molar-refractivity contribution in [1.29, 1.82) is 0 Å². The van der Waals surface area contributed by atoms with E-state index >= 15 is 0 Å². The summed E-state index contributed by atoms with van der Waals surface area (Å²) in [6, 6.07) is 18.0. The first-order valence-corrected chi connectivity index (χ1v) is 8.26. The van der Waals surface area contributed by atoms with E-state index in [1.54, 1.807) is 6.20 Å². The normalized spacial score (nSPS) is 12.0. The molecule has 0 spiro atoms. The third-order valence-corrected chi connectivity index (χ3v) is 4.61. The topological polar surface area (TPSA) is 49.1 Å². The lowest BCUT2D eigenvalue weighted by Crippen LogP contribution is -2.24. The summed E-state index contributed by atoms with van der Waals surface area (Å²) in [4.78, 5) is 12.8. The molecule has 2 aromatic heterocycles. The zero-order valence-corrected chi connectivity index (χ0v) is 13.6. The van der Waals surface area contributed by atoms with Crippen LogP contribution in [0.15, 0.2) is 65.6 Å². The van der Waals surface area contributed by atoms with Crippen molar-refractivity contribution >= 4 is 10.9 Å². The lowest BCUT2D eigenvalue weighted by atomic mass is 10.1. The maximum absolute atomic E-state index is 12.8. The second-order valence-corrected chi connectivity index (χ2v) is 6.00. The number of aromatic nitrogens is 3. The van der Waals surface area contributed by atoms with Crippen LogP contribution in [0.25, 0.3) is 27.8 Å². The fourth-order valence-electron chi connectivity index (χ4n) is 3.43. The molecule has 0 N–H and O–H groups in total. The molecule has 1 aliphatic heterocycles. The standard InChI is InChI=1S/C20H15N3O2/c1-2-22-20(24)19-17(12-21-22)23-15-9-5-3-7-13(15)11-16(23)14-8-4-6-10-18(14)25-19/h3-12H,2H2,1H3. The van der Waals surface area contributed by atoms with Gasteiger partial charge in [0.2, 0.25) is 5.75 Å². The minimum atomic E-state index is -0.222. The van der Waals surface area contributed by atoms with Gasteiger partial charge in [-0.2, -0.15) is 5.10 Å². The molecule has 0 atom stereocenters. The van der Waals surface area contributed by atoms with Crippen LogP contribution in [0.3, 0.4) is 0 Å². The molecule has 4 aromatic rings. The largest absolute Gasteiger partial charge is 0.448 e. The van der Waals surface area contributed by atoms with Gasteiger partial charge >= 0.3 is 5.56 Å². The van der Waals surface area contributed by atoms with Crippen molar-refractivity contribution in [2.45, 2.75) is 13.5 Å². The summed E-state index contributed by atoms with van der Waals surface area (Å²) in [6.07, 6.45) is 1.71. The Morgan fingerprint density at radius 3 is 2.76 bits per heavy atom. The van der Waals surface area contributed by atoms with Crippen LogP contribution in [0.2, 0.25) is 0 Å². The van der Waals surface area contributed by atoms with Crippen molar-refractivity contribution < 1.29 is 4.74 Å². The molecule has 1 aliphatic rings. The summed E-state index contributed by atoms with van der Waals surface area (Å²) >= 11 is 0. The van der Waals surface area contributed by atoms with E-state index in [-0.39, 0.29) is 5.56 Å². The number of benzene rings is 2. The van der Waals surface area contributed by atoms with E-state index in [2.05, 4.69) is 21.8 Å². The van der Waals surface area contributed by atoms with Gasteiger partial charge in [0.1, 0.15) is 11.4 Å². The second kappa shape index (κ2) is 5.08. The summed E-state index contributed by atoms with van der Waals surface area (Å²) in [5.74, 6) is 0.987. The quantitative estimate of drug-likeness (QED) is 0.467. The van der Waals surface area contributed by atoms with Crippen molar-refractivity contribution in [3.05, 3.63) is 71.1 Å². The first kappa shape index (κ1) is 14.0. The smallest absolute Gasteiger partial charge is 0.311 e. The van der Waals surface area contributed by atoms with Gasteiger partial charge in [0.25, 0.3) is 0 Å². The third-order valence-electron chi connectivity index (χ3n) is 4.61. The Morgan fingerprint density at radius 2 is 1.88 bits per heavy atom. The van der Waals surface area contributed by atoms with Crippen LogP contribution in [-0.2, 0) is 6.54 Å². The second-order valence-electron chi connectivity index (χ2n) is 6.00. The minimum Gasteiger partial charge on any atom is -0.448 e. The highest BCUT2D eigenvalue weighted by molar-refractivity contribution is 5.91. The highest BCUT2D eigenvalue weighted by Crippen LogP contribution is 2.42. The molecule has 3 heterocycles. The van der Waals surface area contributed by atoms with Gasteiger partial charge in [-0.1, -0.05) is 30.3 Å². The minimum absolute atomic E-state index is 0.222. The van der Waals surface area contributed by atoms with Crippen LogP contribution in [0.4, 0.5) is 0 Å². The van der Waals surface area contributed by atoms with Crippen LogP contribution < -0.4 is 10.3 Å². The third kappa shape index (κ3) is 1.89. The lowest BCUT2D eigenvalue weighted by Gasteiger charge is -2.11. The molecule has 5 rings (SSSR count). The number of para-hydroxylation sites is 2. The lowest BCUT2D eigenvalue weighted by molar-refractivity contribution is 0.459. The number of aryl methyl sites for hydroxylation is 1. The molecule has 0 fully saturated rings. The maximum atomic E-state index is 12.8. The first-order chi connectivity index (χ1) is 12.3. The van der Waals surface area contributed by atoms with E-state index in [9.17, 15) is 4.79 Å². The number of rotatable bonds is 1. The maximum Gasteiger partial charge on any atom is 0.311 e. The number of nitrogens with zero attached hydrogens (tertiary/aromatic N) is 3. The molecule has 5 nitrogen and oxygen atoms in total. The van der Waals surface area contributed by atoms with E-state index in [1.807, 2.05) is 49.4 Å². The van der Waals surface area contributed by atoms with Gasteiger partial charge in [0.15, 0.2) is 0 Å². The monoisotopic (exact) mass is 329 g/mol. The highest BCUT2D eigenvalue weighted by Gasteiger charge is 2.25. The van der Waals surface area contributed by atoms with Crippen molar-refractivity contribution in [1.82, 2.24) is 14.3 Å². The molecule has 0 unspecified atom stereocenters. The highest BCUT2D eigenvalue weighted by atomic mass is 16.5. The van der Waals surface area contributed by atoms with Gasteiger partial charge in [0, 0.05) is 17.5 Å². The Kier molecular flexibility index (Phi) is 2.85. The van der Waals surface area contributed by atoms with Gasteiger partial charge in [0.05, 0.1) is 17.4 Å². The molecular weight excluding hydrogens is 314 g/mol. The van der Waals surface area contributed by atoms with Crippen LogP contribution in [0.1, 0.15) is 6.92 Å². The molecule has 25 heavy (non-hydrogen) atoms. The van der Waals surface area contributed by atoms with Gasteiger partial charge in [-0.3, -0.25) is 4.79 Å². The molecule has 122 valence electrons. The Labute approximate surface area is 143 Å². The summed E-state index contributed by atoms with van der Waals surface area (Å²) in [5, 5.41) is 5.41. The van der Waals surface area contributed by atoms with Crippen molar-refractivity contribution in [3.63, 3.8) is 0 Å². The predicted molar refractivity (Wildman–Crippen MR) is 96.5 cm³/mol. The van der Waals surface area contributed by atoms with Crippen molar-refractivity contribution in [2.24, 2.45) is 0 Å². The fraction of sp³-hybridized carbons (Fsp3) is 0.100. The van der Waals surface area contributed by atoms with E-state index in [0.29, 0.717) is 23.7 Å². The average Bonchev–Trinajstić information content (AvgIpc) is 2.96. The number of ether oxygens (including phenoxy) is 1. The van der Waals surface area contributed by atoms with E-state index in [4.69, 9.17) is 4.74 Å². The zero-order valence-electron chi connectivity index (χ0n) is 13.6. The van der Waals surface area contributed by atoms with Crippen molar-refractivity contribution in [2.75, 3.05) is 0 Å². The van der Waals surface area contributed by atoms with Gasteiger partial charge in [-0.05, 0) is 31.2 Å². The average molecular weight is 329 g/mol. The molecule has 0 amide bonds. The zero-order chi connectivity index (χ0) is 17.0. The van der Waals surface area contributed by atoms with Crippen LogP contribution in [0, 0.1) is 0 Å². The molecule has 5 heteroatoms. The Bertz CT molecular complexity index is 1190. The SMILES string of the molecule is CCn1ncc2c(c1=O)Oc1ccccc1-c1cc3ccccc3n1-2. The van der Waals surface area contributed by atoms with E-state index < -0.39 is 0 Å². The molecule has 0 saturated carbocycles. The molecule has 0 radical (unpaired) electrons. The number of hydrogen-bond donors (Lipinski definition) is 0. The van der Waals surface area contributed by atoms with Gasteiger partial charge < -0.3 is 9.30 Å². The number of fused-ring (bicyclic) bond motifs is 7. The fourth-order valence-corrected chi connectivity index (χ4v) is 3.43. The molecular formula is C20H15N3O2. The molecule has 0 bridgehead atoms. The summed E-state index contributed by atoms with van der Waals surface area (Å²) < 4.78 is 9.55. The van der Waals surface area contributed by atoms with Crippen LogP contribution >= 0.6 is 0 Å². The summed E-state index contributed by atoms with van der Waals surface area (Å²) in [6.45, 7) is 2.39.